The highest BCUT2D eigenvalue weighted by molar-refractivity contribution is 5.95. The second-order valence-corrected chi connectivity index (χ2v) is 6.80. The van der Waals surface area contributed by atoms with Crippen LogP contribution in [0.4, 0.5) is 5.69 Å². The third kappa shape index (κ3) is 3.64. The van der Waals surface area contributed by atoms with E-state index >= 15 is 0 Å². The summed E-state index contributed by atoms with van der Waals surface area (Å²) in [7, 11) is 0. The Balaban J connectivity index is 1.66. The summed E-state index contributed by atoms with van der Waals surface area (Å²) in [6.45, 7) is 4.61. The molecule has 7 heteroatoms. The summed E-state index contributed by atoms with van der Waals surface area (Å²) < 4.78 is 7.32. The molecule has 0 atom stereocenters. The summed E-state index contributed by atoms with van der Waals surface area (Å²) in [5.74, 6) is 0.947. The zero-order chi connectivity index (χ0) is 17.8. The third-order valence-electron chi connectivity index (χ3n) is 4.98. The van der Waals surface area contributed by atoms with Crippen LogP contribution in [0.15, 0.2) is 39.5 Å². The third-order valence-corrected chi connectivity index (χ3v) is 4.98. The van der Waals surface area contributed by atoms with Crippen LogP contribution in [0.2, 0.25) is 0 Å². The van der Waals surface area contributed by atoms with Crippen molar-refractivity contribution in [1.82, 2.24) is 9.47 Å². The van der Waals surface area contributed by atoms with Gasteiger partial charge in [-0.25, -0.2) is 0 Å². The van der Waals surface area contributed by atoms with E-state index < -0.39 is 0 Å². The largest absolute Gasteiger partial charge is 0.493 e. The van der Waals surface area contributed by atoms with Crippen LogP contribution >= 0.6 is 0 Å². The van der Waals surface area contributed by atoms with Crippen LogP contribution in [0.1, 0.15) is 25.7 Å². The van der Waals surface area contributed by atoms with Crippen LogP contribution in [0, 0.1) is 0 Å². The van der Waals surface area contributed by atoms with Crippen molar-refractivity contribution in [2.75, 3.05) is 32.8 Å². The van der Waals surface area contributed by atoms with E-state index in [0.717, 1.165) is 68.8 Å². The summed E-state index contributed by atoms with van der Waals surface area (Å²) in [5, 5.41) is 20.5. The Kier molecular flexibility index (Phi) is 5.26. The molecule has 2 aromatic rings. The number of fused-ring (bicyclic) bond motifs is 1. The fourth-order valence-electron chi connectivity index (χ4n) is 3.50. The van der Waals surface area contributed by atoms with Crippen molar-refractivity contribution in [3.05, 3.63) is 24.3 Å². The summed E-state index contributed by atoms with van der Waals surface area (Å²) in [6.07, 6.45) is 4.26. The monoisotopic (exact) mass is 355 g/mol. The molecule has 138 valence electrons. The van der Waals surface area contributed by atoms with Gasteiger partial charge in [0.25, 0.3) is 0 Å². The first-order valence-electron chi connectivity index (χ1n) is 9.38. The number of aliphatic imine (C=N–C) groups is 1. The topological polar surface area (TPSA) is 74.7 Å². The minimum absolute atomic E-state index is 0.163. The predicted octanol–water partition coefficient (Wildman–Crippen LogP) is 3.69. The number of morpholine rings is 1. The molecular weight excluding hydrogens is 330 g/mol. The highest BCUT2D eigenvalue weighted by atomic mass is 16.5. The van der Waals surface area contributed by atoms with E-state index in [0.29, 0.717) is 12.4 Å². The zero-order valence-electron chi connectivity index (χ0n) is 15.0. The van der Waals surface area contributed by atoms with Crippen LogP contribution in [-0.2, 0) is 11.4 Å². The first-order valence-corrected chi connectivity index (χ1v) is 9.38. The molecular formula is C19H25N5O2. The number of nitrogens with zero attached hydrogens (tertiary/aromatic N) is 5. The van der Waals surface area contributed by atoms with Crippen molar-refractivity contribution in [2.24, 2.45) is 15.2 Å². The van der Waals surface area contributed by atoms with E-state index in [1.54, 1.807) is 0 Å². The van der Waals surface area contributed by atoms with Gasteiger partial charge in [0.05, 0.1) is 25.4 Å². The summed E-state index contributed by atoms with van der Waals surface area (Å²) in [6, 6.07) is 7.93. The van der Waals surface area contributed by atoms with Crippen LogP contribution < -0.4 is 0 Å². The van der Waals surface area contributed by atoms with E-state index in [1.807, 2.05) is 28.8 Å². The van der Waals surface area contributed by atoms with Crippen LogP contribution in [0.3, 0.4) is 0 Å². The summed E-state index contributed by atoms with van der Waals surface area (Å²) in [4.78, 5) is 6.76. The van der Waals surface area contributed by atoms with Gasteiger partial charge in [0, 0.05) is 31.4 Å². The van der Waals surface area contributed by atoms with Crippen molar-refractivity contribution in [3.8, 4) is 5.88 Å². The summed E-state index contributed by atoms with van der Waals surface area (Å²) in [5.41, 5.74) is 1.49. The fourth-order valence-corrected chi connectivity index (χ4v) is 3.50. The Morgan fingerprint density at radius 3 is 2.81 bits per heavy atom. The lowest BCUT2D eigenvalue weighted by Crippen LogP contribution is -2.37. The molecule has 1 N–H and O–H groups in total. The van der Waals surface area contributed by atoms with E-state index in [4.69, 9.17) is 4.74 Å². The quantitative estimate of drug-likeness (QED) is 0.853. The zero-order valence-corrected chi connectivity index (χ0v) is 15.0. The summed E-state index contributed by atoms with van der Waals surface area (Å²) >= 11 is 0. The van der Waals surface area contributed by atoms with E-state index in [1.165, 1.54) is 6.42 Å². The van der Waals surface area contributed by atoms with Gasteiger partial charge in [-0.3, -0.25) is 14.5 Å². The second-order valence-electron chi connectivity index (χ2n) is 6.80. The molecule has 1 aromatic heterocycles. The van der Waals surface area contributed by atoms with E-state index in [-0.39, 0.29) is 5.88 Å². The molecule has 3 heterocycles. The molecule has 1 saturated heterocycles. The standard InChI is InChI=1S/C19H25N5O2/c25-19-18(22-21-17-8-2-1-5-9-20-17)15-6-3-4-7-16(15)24(19)14-23-10-12-26-13-11-23/h3-4,6-7,25H,1-2,5,8-14H2. The van der Waals surface area contributed by atoms with Gasteiger partial charge in [-0.1, -0.05) is 24.6 Å². The van der Waals surface area contributed by atoms with Gasteiger partial charge in [0.2, 0.25) is 5.88 Å². The molecule has 0 bridgehead atoms. The SMILES string of the molecule is Oc1c(N=NC2=NCCCCC2)c2ccccc2n1CN1CCOCC1. The maximum atomic E-state index is 10.8. The number of azo groups is 1. The Bertz CT molecular complexity index is 821. The first kappa shape index (κ1) is 17.2. The fraction of sp³-hybridized carbons (Fsp3) is 0.526. The van der Waals surface area contributed by atoms with Crippen molar-refractivity contribution >= 4 is 22.4 Å². The molecule has 0 amide bonds. The van der Waals surface area contributed by atoms with Crippen LogP contribution in [-0.4, -0.2) is 53.3 Å². The lowest BCUT2D eigenvalue weighted by atomic mass is 10.2. The second kappa shape index (κ2) is 7.97. The van der Waals surface area contributed by atoms with Gasteiger partial charge in [0.15, 0.2) is 5.69 Å². The van der Waals surface area contributed by atoms with Gasteiger partial charge < -0.3 is 9.84 Å². The highest BCUT2D eigenvalue weighted by Gasteiger charge is 2.19. The predicted molar refractivity (Wildman–Crippen MR) is 101 cm³/mol. The van der Waals surface area contributed by atoms with Gasteiger partial charge in [-0.2, -0.15) is 0 Å². The number of benzene rings is 1. The van der Waals surface area contributed by atoms with Gasteiger partial charge in [0.1, 0.15) is 5.84 Å². The normalized spacial score (nSPS) is 19.8. The van der Waals surface area contributed by atoms with Crippen molar-refractivity contribution in [3.63, 3.8) is 0 Å². The molecule has 0 aliphatic carbocycles. The first-order chi connectivity index (χ1) is 12.8. The van der Waals surface area contributed by atoms with Gasteiger partial charge >= 0.3 is 0 Å². The molecule has 7 nitrogen and oxygen atoms in total. The molecule has 0 radical (unpaired) electrons. The average Bonchev–Trinajstić information content (AvgIpc) is 2.85. The number of rotatable bonds is 3. The Morgan fingerprint density at radius 1 is 1.08 bits per heavy atom. The highest BCUT2D eigenvalue weighted by Crippen LogP contribution is 2.39. The average molecular weight is 355 g/mol. The Hall–Kier alpha value is -2.25. The lowest BCUT2D eigenvalue weighted by Gasteiger charge is -2.27. The van der Waals surface area contributed by atoms with E-state index in [2.05, 4.69) is 20.1 Å². The van der Waals surface area contributed by atoms with E-state index in [9.17, 15) is 5.11 Å². The Morgan fingerprint density at radius 2 is 1.92 bits per heavy atom. The van der Waals surface area contributed by atoms with Crippen molar-refractivity contribution < 1.29 is 9.84 Å². The minimum Gasteiger partial charge on any atom is -0.493 e. The molecule has 2 aliphatic rings. The minimum atomic E-state index is 0.163. The van der Waals surface area contributed by atoms with Crippen LogP contribution in [0.25, 0.3) is 10.9 Å². The number of aromatic hydroxyl groups is 1. The number of hydrogen-bond acceptors (Lipinski definition) is 6. The lowest BCUT2D eigenvalue weighted by molar-refractivity contribution is 0.0231. The number of aromatic nitrogens is 1. The number of para-hydroxylation sites is 1. The maximum absolute atomic E-state index is 10.8. The molecule has 4 rings (SSSR count). The number of amidine groups is 1. The molecule has 2 aliphatic heterocycles. The van der Waals surface area contributed by atoms with Crippen LogP contribution in [0.5, 0.6) is 5.88 Å². The van der Waals surface area contributed by atoms with Gasteiger partial charge in [-0.05, 0) is 18.9 Å². The molecule has 0 unspecified atom stereocenters. The number of ether oxygens (including phenoxy) is 1. The van der Waals surface area contributed by atoms with Crippen molar-refractivity contribution in [1.29, 1.82) is 0 Å². The molecule has 0 saturated carbocycles. The molecule has 1 aromatic carbocycles. The smallest absolute Gasteiger partial charge is 0.221 e. The van der Waals surface area contributed by atoms with Crippen molar-refractivity contribution in [2.45, 2.75) is 32.4 Å². The molecule has 26 heavy (non-hydrogen) atoms. The Labute approximate surface area is 153 Å². The molecule has 0 spiro atoms. The number of hydrogen-bond donors (Lipinski definition) is 1. The van der Waals surface area contributed by atoms with Gasteiger partial charge in [-0.15, -0.1) is 10.2 Å². The maximum Gasteiger partial charge on any atom is 0.221 e. The molecule has 1 fully saturated rings.